The number of ether oxygens (including phenoxy) is 2. The van der Waals surface area contributed by atoms with Crippen LogP contribution in [0.4, 0.5) is 17.6 Å². The third-order valence-electron chi connectivity index (χ3n) is 7.03. The van der Waals surface area contributed by atoms with Crippen molar-refractivity contribution >= 4 is 22.7 Å². The summed E-state index contributed by atoms with van der Waals surface area (Å²) in [5, 5.41) is 23.3. The Kier molecular flexibility index (Phi) is 9.59. The molecule has 0 bridgehead atoms. The SMILES string of the molecule is CCOc1c(CC(N)=O)cc([C@@](O)(CNC(=O)c2cc(OC)c3nc(CO)c(C)cc3c2)C(F)(F)F)nc1-c1ccc(F)cc1. The van der Waals surface area contributed by atoms with Gasteiger partial charge in [-0.25, -0.2) is 14.4 Å². The van der Waals surface area contributed by atoms with Crippen LogP contribution in [-0.4, -0.2) is 58.4 Å². The minimum Gasteiger partial charge on any atom is -0.494 e. The number of aryl methyl sites for hydroxylation is 1. The van der Waals surface area contributed by atoms with Crippen LogP contribution < -0.4 is 20.5 Å². The number of halogens is 4. The lowest BCUT2D eigenvalue weighted by Gasteiger charge is -2.31. The van der Waals surface area contributed by atoms with Crippen molar-refractivity contribution in [1.29, 1.82) is 0 Å². The van der Waals surface area contributed by atoms with E-state index in [0.29, 0.717) is 22.2 Å². The average molecular weight is 631 g/mol. The molecule has 0 unspecified atom stereocenters. The normalized spacial score (nSPS) is 12.9. The summed E-state index contributed by atoms with van der Waals surface area (Å²) in [6.07, 6.45) is -5.95. The number of aromatic nitrogens is 2. The van der Waals surface area contributed by atoms with Gasteiger partial charge in [-0.15, -0.1) is 0 Å². The van der Waals surface area contributed by atoms with Gasteiger partial charge >= 0.3 is 6.18 Å². The first-order chi connectivity index (χ1) is 21.2. The first-order valence-electron chi connectivity index (χ1n) is 13.6. The predicted molar refractivity (Wildman–Crippen MR) is 155 cm³/mol. The van der Waals surface area contributed by atoms with Crippen molar-refractivity contribution in [2.75, 3.05) is 20.3 Å². The van der Waals surface area contributed by atoms with E-state index in [1.54, 1.807) is 19.9 Å². The van der Waals surface area contributed by atoms with Gasteiger partial charge in [0.05, 0.1) is 44.7 Å². The van der Waals surface area contributed by atoms with Gasteiger partial charge in [0.1, 0.15) is 28.5 Å². The van der Waals surface area contributed by atoms with E-state index in [4.69, 9.17) is 15.2 Å². The minimum absolute atomic E-state index is 0.0339. The summed E-state index contributed by atoms with van der Waals surface area (Å²) in [5.41, 5.74) is 1.69. The Labute approximate surface area is 254 Å². The van der Waals surface area contributed by atoms with Crippen LogP contribution in [0.25, 0.3) is 22.2 Å². The van der Waals surface area contributed by atoms with Crippen LogP contribution in [-0.2, 0) is 23.4 Å². The largest absolute Gasteiger partial charge is 0.494 e. The molecule has 0 saturated carbocycles. The van der Waals surface area contributed by atoms with Crippen LogP contribution in [0, 0.1) is 12.7 Å². The third-order valence-corrected chi connectivity index (χ3v) is 7.03. The number of rotatable bonds is 11. The fourth-order valence-electron chi connectivity index (χ4n) is 4.72. The number of pyridine rings is 2. The van der Waals surface area contributed by atoms with Gasteiger partial charge in [0.2, 0.25) is 11.5 Å². The third kappa shape index (κ3) is 6.81. The number of carbonyl (C=O) groups excluding carboxylic acids is 2. The van der Waals surface area contributed by atoms with Crippen molar-refractivity contribution in [1.82, 2.24) is 15.3 Å². The highest BCUT2D eigenvalue weighted by molar-refractivity contribution is 6.00. The lowest BCUT2D eigenvalue weighted by atomic mass is 9.93. The number of nitrogens with zero attached hydrogens (tertiary/aromatic N) is 2. The Morgan fingerprint density at radius 3 is 2.33 bits per heavy atom. The highest BCUT2D eigenvalue weighted by Gasteiger charge is 2.56. The quantitative estimate of drug-likeness (QED) is 0.182. The summed E-state index contributed by atoms with van der Waals surface area (Å²) in [7, 11) is 1.32. The first kappa shape index (κ1) is 33.1. The highest BCUT2D eigenvalue weighted by Crippen LogP contribution is 2.42. The molecule has 0 aliphatic heterocycles. The Morgan fingerprint density at radius 2 is 1.76 bits per heavy atom. The van der Waals surface area contributed by atoms with Crippen LogP contribution in [0.15, 0.2) is 48.5 Å². The molecule has 4 rings (SSSR count). The van der Waals surface area contributed by atoms with E-state index in [0.717, 1.165) is 18.2 Å². The lowest BCUT2D eigenvalue weighted by molar-refractivity contribution is -0.265. The summed E-state index contributed by atoms with van der Waals surface area (Å²) in [4.78, 5) is 33.5. The molecule has 4 aromatic rings. The fourth-order valence-corrected chi connectivity index (χ4v) is 4.72. The number of fused-ring (bicyclic) bond motifs is 1. The number of aliphatic hydroxyl groups excluding tert-OH is 1. The molecule has 0 fully saturated rings. The molecule has 238 valence electrons. The molecule has 2 amide bonds. The van der Waals surface area contributed by atoms with E-state index in [1.165, 1.54) is 31.4 Å². The zero-order valence-electron chi connectivity index (χ0n) is 24.5. The maximum atomic E-state index is 14.7. The first-order valence-corrected chi connectivity index (χ1v) is 13.6. The second-order valence-corrected chi connectivity index (χ2v) is 10.1. The van der Waals surface area contributed by atoms with Gasteiger partial charge in [0, 0.05) is 22.1 Å². The number of carbonyl (C=O) groups is 2. The van der Waals surface area contributed by atoms with Crippen molar-refractivity contribution < 1.29 is 46.8 Å². The zero-order valence-corrected chi connectivity index (χ0v) is 24.5. The van der Waals surface area contributed by atoms with Gasteiger partial charge in [-0.3, -0.25) is 9.59 Å². The topological polar surface area (TPSA) is 157 Å². The lowest BCUT2D eigenvalue weighted by Crippen LogP contribution is -2.51. The molecule has 45 heavy (non-hydrogen) atoms. The van der Waals surface area contributed by atoms with Crippen molar-refractivity contribution in [3.8, 4) is 22.8 Å². The minimum atomic E-state index is -5.38. The summed E-state index contributed by atoms with van der Waals surface area (Å²) >= 11 is 0. The summed E-state index contributed by atoms with van der Waals surface area (Å²) in [6.45, 7) is 1.61. The summed E-state index contributed by atoms with van der Waals surface area (Å²) in [5.74, 6) is -2.44. The molecule has 2 heterocycles. The van der Waals surface area contributed by atoms with Gasteiger partial charge in [0.25, 0.3) is 5.91 Å². The van der Waals surface area contributed by atoms with E-state index in [2.05, 4.69) is 15.3 Å². The Balaban J connectivity index is 1.80. The van der Waals surface area contributed by atoms with Gasteiger partial charge < -0.3 is 30.7 Å². The van der Waals surface area contributed by atoms with Gasteiger partial charge in [-0.05, 0) is 67.9 Å². The number of hydrogen-bond donors (Lipinski definition) is 4. The number of aliphatic hydroxyl groups is 2. The van der Waals surface area contributed by atoms with Gasteiger partial charge in [-0.1, -0.05) is 0 Å². The summed E-state index contributed by atoms with van der Waals surface area (Å²) in [6, 6.07) is 9.74. The average Bonchev–Trinajstić information content (AvgIpc) is 2.99. The van der Waals surface area contributed by atoms with E-state index in [1.807, 2.05) is 0 Å². The molecule has 14 heteroatoms. The molecule has 1 atom stereocenters. The van der Waals surface area contributed by atoms with Gasteiger partial charge in [0.15, 0.2) is 0 Å². The second-order valence-electron chi connectivity index (χ2n) is 10.1. The number of amides is 2. The monoisotopic (exact) mass is 630 g/mol. The number of methoxy groups -OCH3 is 1. The Hall–Kier alpha value is -4.82. The van der Waals surface area contributed by atoms with Crippen molar-refractivity contribution in [2.45, 2.75) is 38.7 Å². The number of hydrogen-bond acceptors (Lipinski definition) is 8. The van der Waals surface area contributed by atoms with Crippen LogP contribution in [0.3, 0.4) is 0 Å². The van der Waals surface area contributed by atoms with Crippen LogP contribution >= 0.6 is 0 Å². The molecule has 0 aliphatic carbocycles. The van der Waals surface area contributed by atoms with Crippen LogP contribution in [0.1, 0.15) is 39.8 Å². The Morgan fingerprint density at radius 1 is 1.07 bits per heavy atom. The molecule has 2 aromatic heterocycles. The van der Waals surface area contributed by atoms with E-state index >= 15 is 0 Å². The maximum Gasteiger partial charge on any atom is 0.424 e. The Bertz CT molecular complexity index is 1750. The second kappa shape index (κ2) is 13.0. The molecule has 0 saturated heterocycles. The zero-order chi connectivity index (χ0) is 33.1. The molecule has 0 aliphatic rings. The van der Waals surface area contributed by atoms with E-state index in [-0.39, 0.29) is 47.1 Å². The number of nitrogens with one attached hydrogen (secondary N) is 1. The standard InChI is InChI=1S/C31H30F4N4O6/c1-4-45-28-19(13-25(36)41)12-24(39-27(28)17-5-7-21(32)8-6-17)30(43,31(33,34)35)15-37-29(42)20-10-18-9-16(2)22(14-40)38-26(18)23(11-20)44-3/h5-12,40,43H,4,13-15H2,1-3H3,(H2,36,41)(H,37,42)/t30-/m0/s1. The van der Waals surface area contributed by atoms with Crippen molar-refractivity contribution in [3.63, 3.8) is 0 Å². The molecule has 2 aromatic carbocycles. The molecule has 0 spiro atoms. The number of alkyl halides is 3. The number of primary amides is 1. The molecule has 5 N–H and O–H groups in total. The van der Waals surface area contributed by atoms with E-state index < -0.39 is 48.1 Å². The van der Waals surface area contributed by atoms with Crippen LogP contribution in [0.5, 0.6) is 11.5 Å². The number of nitrogens with two attached hydrogens (primary N) is 1. The molecular formula is C31H30F4N4O6. The van der Waals surface area contributed by atoms with Crippen LogP contribution in [0.2, 0.25) is 0 Å². The number of benzene rings is 2. The van der Waals surface area contributed by atoms with E-state index in [9.17, 15) is 37.4 Å². The molecule has 0 radical (unpaired) electrons. The maximum absolute atomic E-state index is 14.7. The summed E-state index contributed by atoms with van der Waals surface area (Å²) < 4.78 is 68.6. The smallest absolute Gasteiger partial charge is 0.424 e. The fraction of sp³-hybridized carbons (Fsp3) is 0.290. The molecular weight excluding hydrogens is 600 g/mol. The predicted octanol–water partition coefficient (Wildman–Crippen LogP) is 3.85. The van der Waals surface area contributed by atoms with Crippen molar-refractivity contribution in [3.05, 3.63) is 82.4 Å². The molecule has 10 nitrogen and oxygen atoms in total. The van der Waals surface area contributed by atoms with Gasteiger partial charge in [-0.2, -0.15) is 13.2 Å². The van der Waals surface area contributed by atoms with Crippen molar-refractivity contribution in [2.24, 2.45) is 5.73 Å². The highest BCUT2D eigenvalue weighted by atomic mass is 19.4.